The highest BCUT2D eigenvalue weighted by Gasteiger charge is 2.25. The second kappa shape index (κ2) is 11.8. The molecular formula is C18H25Br2NO2. The lowest BCUT2D eigenvalue weighted by atomic mass is 9.82. The summed E-state index contributed by atoms with van der Waals surface area (Å²) in [6.45, 7) is 0. The summed E-state index contributed by atoms with van der Waals surface area (Å²) in [6, 6.07) is 10.4. The summed E-state index contributed by atoms with van der Waals surface area (Å²) in [5, 5.41) is 0.893. The largest absolute Gasteiger partial charge is 0.369 e. The van der Waals surface area contributed by atoms with E-state index in [2.05, 4.69) is 56.1 Å². The highest BCUT2D eigenvalue weighted by atomic mass is 79.9. The molecule has 0 radical (unpaired) electrons. The van der Waals surface area contributed by atoms with Crippen LogP contribution in [0.1, 0.15) is 37.7 Å². The third-order valence-corrected chi connectivity index (χ3v) is 5.88. The quantitative estimate of drug-likeness (QED) is 0.296. The van der Waals surface area contributed by atoms with Crippen LogP contribution in [-0.4, -0.2) is 22.4 Å². The summed E-state index contributed by atoms with van der Waals surface area (Å²) >= 11 is 7.01. The lowest BCUT2D eigenvalue weighted by molar-refractivity contribution is -0.117. The zero-order valence-electron chi connectivity index (χ0n) is 13.3. The zero-order valence-corrected chi connectivity index (χ0v) is 16.5. The van der Waals surface area contributed by atoms with E-state index in [-0.39, 0.29) is 10.7 Å². The number of carbonyl (C=O) groups excluding carboxylic acids is 2. The van der Waals surface area contributed by atoms with E-state index in [0.29, 0.717) is 18.3 Å². The molecule has 0 heterocycles. The fraction of sp³-hybridized carbons (Fsp3) is 0.556. The van der Waals surface area contributed by atoms with Gasteiger partial charge in [-0.15, -0.1) is 0 Å². The molecule has 0 fully saturated rings. The number of alkyl halides is 2. The van der Waals surface area contributed by atoms with E-state index >= 15 is 0 Å². The molecule has 23 heavy (non-hydrogen) atoms. The van der Waals surface area contributed by atoms with Crippen molar-refractivity contribution >= 4 is 44.1 Å². The van der Waals surface area contributed by atoms with Crippen molar-refractivity contribution in [1.29, 1.82) is 0 Å². The second-order valence-corrected chi connectivity index (χ2v) is 7.65. The van der Waals surface area contributed by atoms with Crippen molar-refractivity contribution in [3.63, 3.8) is 0 Å². The fourth-order valence-corrected chi connectivity index (χ4v) is 4.16. The van der Waals surface area contributed by atoms with Gasteiger partial charge in [-0.1, -0.05) is 62.2 Å². The molecule has 1 amide bonds. The Balaban J connectivity index is 2.65. The molecule has 0 aliphatic rings. The lowest BCUT2D eigenvalue weighted by Crippen LogP contribution is -2.29. The van der Waals surface area contributed by atoms with E-state index in [1.807, 2.05) is 6.07 Å². The van der Waals surface area contributed by atoms with E-state index < -0.39 is 0 Å². The molecule has 1 rings (SSSR count). The molecule has 128 valence electrons. The Morgan fingerprint density at radius 1 is 1.17 bits per heavy atom. The van der Waals surface area contributed by atoms with Crippen LogP contribution in [0, 0.1) is 11.8 Å². The van der Waals surface area contributed by atoms with Crippen LogP contribution in [0.25, 0.3) is 0 Å². The molecule has 3 nitrogen and oxygen atoms in total. The summed E-state index contributed by atoms with van der Waals surface area (Å²) in [6.07, 6.45) is 6.14. The van der Waals surface area contributed by atoms with Crippen LogP contribution >= 0.6 is 31.9 Å². The molecule has 2 N–H and O–H groups in total. The standard InChI is InChI=1S/C18H25Br2NO2/c19-13-16(10-9-14-6-2-1-3-7-14)15(8-4-5-11-22)12-17(20)18(21)23/h1-3,6-7,11,15-17H,4-5,8-10,12-13H2,(H2,21,23). The van der Waals surface area contributed by atoms with Crippen molar-refractivity contribution in [1.82, 2.24) is 0 Å². The van der Waals surface area contributed by atoms with Crippen LogP contribution in [0.2, 0.25) is 0 Å². The number of benzene rings is 1. The number of rotatable bonds is 12. The van der Waals surface area contributed by atoms with Gasteiger partial charge in [-0.25, -0.2) is 0 Å². The Morgan fingerprint density at radius 3 is 2.43 bits per heavy atom. The molecule has 0 spiro atoms. The summed E-state index contributed by atoms with van der Waals surface area (Å²) in [5.74, 6) is 0.512. The molecule has 5 heteroatoms. The van der Waals surface area contributed by atoms with Crippen molar-refractivity contribution in [3.05, 3.63) is 35.9 Å². The minimum Gasteiger partial charge on any atom is -0.369 e. The van der Waals surface area contributed by atoms with Crippen LogP contribution in [0.15, 0.2) is 30.3 Å². The van der Waals surface area contributed by atoms with E-state index in [0.717, 1.165) is 43.7 Å². The molecule has 0 saturated carbocycles. The highest BCUT2D eigenvalue weighted by molar-refractivity contribution is 9.10. The molecule has 0 saturated heterocycles. The summed E-state index contributed by atoms with van der Waals surface area (Å²) in [4.78, 5) is 21.6. The molecule has 3 unspecified atom stereocenters. The fourth-order valence-electron chi connectivity index (χ4n) is 2.83. The number of aldehydes is 1. The molecular weight excluding hydrogens is 422 g/mol. The van der Waals surface area contributed by atoms with Gasteiger partial charge >= 0.3 is 0 Å². The van der Waals surface area contributed by atoms with Gasteiger partial charge in [-0.05, 0) is 49.5 Å². The number of hydrogen-bond acceptors (Lipinski definition) is 2. The number of hydrogen-bond donors (Lipinski definition) is 1. The number of carbonyl (C=O) groups is 2. The summed E-state index contributed by atoms with van der Waals surface area (Å²) in [5.41, 5.74) is 6.72. The Morgan fingerprint density at radius 2 is 1.87 bits per heavy atom. The topological polar surface area (TPSA) is 60.2 Å². The third-order valence-electron chi connectivity index (χ3n) is 4.23. The minimum atomic E-state index is -0.318. The summed E-state index contributed by atoms with van der Waals surface area (Å²) < 4.78 is 0. The van der Waals surface area contributed by atoms with E-state index in [4.69, 9.17) is 5.73 Å². The van der Waals surface area contributed by atoms with Crippen molar-refractivity contribution < 1.29 is 9.59 Å². The molecule has 0 aromatic heterocycles. The van der Waals surface area contributed by atoms with Crippen molar-refractivity contribution in [2.45, 2.75) is 43.4 Å². The first-order chi connectivity index (χ1) is 11.1. The van der Waals surface area contributed by atoms with Gasteiger partial charge in [0.1, 0.15) is 6.29 Å². The van der Waals surface area contributed by atoms with Gasteiger partial charge in [-0.3, -0.25) is 4.79 Å². The van der Waals surface area contributed by atoms with E-state index in [9.17, 15) is 9.59 Å². The Labute approximate surface area is 155 Å². The number of halogens is 2. The second-order valence-electron chi connectivity index (χ2n) is 5.90. The lowest BCUT2D eigenvalue weighted by Gasteiger charge is -2.27. The maximum Gasteiger partial charge on any atom is 0.231 e. The number of aryl methyl sites for hydroxylation is 1. The van der Waals surface area contributed by atoms with Crippen LogP contribution < -0.4 is 5.73 Å². The van der Waals surface area contributed by atoms with Crippen molar-refractivity contribution in [2.24, 2.45) is 17.6 Å². The van der Waals surface area contributed by atoms with Gasteiger partial charge in [0.15, 0.2) is 0 Å². The average Bonchev–Trinajstić information content (AvgIpc) is 2.56. The maximum absolute atomic E-state index is 11.4. The van der Waals surface area contributed by atoms with Crippen LogP contribution in [0.5, 0.6) is 0 Å². The average molecular weight is 447 g/mol. The molecule has 0 aliphatic heterocycles. The van der Waals surface area contributed by atoms with Gasteiger partial charge in [0, 0.05) is 11.8 Å². The van der Waals surface area contributed by atoms with Gasteiger partial charge in [0.25, 0.3) is 0 Å². The molecule has 0 aliphatic carbocycles. The molecule has 1 aromatic rings. The SMILES string of the molecule is NC(=O)C(Br)CC(CCCC=O)C(CBr)CCc1ccccc1. The van der Waals surface area contributed by atoms with Crippen LogP contribution in [0.3, 0.4) is 0 Å². The van der Waals surface area contributed by atoms with Gasteiger partial charge in [-0.2, -0.15) is 0 Å². The first-order valence-corrected chi connectivity index (χ1v) is 10.1. The number of primary amides is 1. The first-order valence-electron chi connectivity index (χ1n) is 8.05. The minimum absolute atomic E-state index is 0.304. The monoisotopic (exact) mass is 445 g/mol. The smallest absolute Gasteiger partial charge is 0.231 e. The van der Waals surface area contributed by atoms with Crippen LogP contribution in [0.4, 0.5) is 0 Å². The van der Waals surface area contributed by atoms with Crippen LogP contribution in [-0.2, 0) is 16.0 Å². The predicted octanol–water partition coefficient (Wildman–Crippen LogP) is 4.25. The van der Waals surface area contributed by atoms with Gasteiger partial charge in [0.2, 0.25) is 5.91 Å². The molecule has 1 aromatic carbocycles. The van der Waals surface area contributed by atoms with Crippen molar-refractivity contribution in [2.75, 3.05) is 5.33 Å². The van der Waals surface area contributed by atoms with Gasteiger partial charge in [0.05, 0.1) is 4.83 Å². The van der Waals surface area contributed by atoms with E-state index in [1.165, 1.54) is 5.56 Å². The first kappa shape index (κ1) is 20.4. The predicted molar refractivity (Wildman–Crippen MR) is 102 cm³/mol. The number of amides is 1. The van der Waals surface area contributed by atoms with E-state index in [1.54, 1.807) is 0 Å². The van der Waals surface area contributed by atoms with Gasteiger partial charge < -0.3 is 10.5 Å². The number of nitrogens with two attached hydrogens (primary N) is 1. The highest BCUT2D eigenvalue weighted by Crippen LogP contribution is 2.31. The maximum atomic E-state index is 11.4. The Kier molecular flexibility index (Phi) is 10.4. The summed E-state index contributed by atoms with van der Waals surface area (Å²) in [7, 11) is 0. The Bertz CT molecular complexity index is 467. The zero-order chi connectivity index (χ0) is 17.1. The number of unbranched alkanes of at least 4 members (excludes halogenated alkanes) is 1. The normalized spacial score (nSPS) is 14.9. The molecule has 0 bridgehead atoms. The van der Waals surface area contributed by atoms with Crippen molar-refractivity contribution in [3.8, 4) is 0 Å². The molecule has 3 atom stereocenters. The Hall–Kier alpha value is -0.680. The third kappa shape index (κ3) is 8.11.